The Kier molecular flexibility index (Phi) is 5.12. The van der Waals surface area contributed by atoms with Crippen LogP contribution in [0.2, 0.25) is 0 Å². The topological polar surface area (TPSA) is 3.24 Å². The van der Waals surface area contributed by atoms with Gasteiger partial charge in [0.25, 0.3) is 0 Å². The molecule has 120 valence electrons. The van der Waals surface area contributed by atoms with Crippen LogP contribution in [0.4, 0.5) is 5.69 Å². The average molecular weight is 313 g/mol. The summed E-state index contributed by atoms with van der Waals surface area (Å²) >= 11 is 0. The molecule has 3 aromatic rings. The van der Waals surface area contributed by atoms with E-state index in [0.29, 0.717) is 0 Å². The molecule has 0 bridgehead atoms. The molecule has 0 N–H and O–H groups in total. The van der Waals surface area contributed by atoms with Crippen LogP contribution >= 0.6 is 0 Å². The average Bonchev–Trinajstić information content (AvgIpc) is 2.64. The van der Waals surface area contributed by atoms with Gasteiger partial charge in [0.15, 0.2) is 0 Å². The molecule has 3 aromatic carbocycles. The summed E-state index contributed by atoms with van der Waals surface area (Å²) in [6.07, 6.45) is 4.49. The van der Waals surface area contributed by atoms with Gasteiger partial charge in [-0.05, 0) is 28.8 Å². The second kappa shape index (κ2) is 7.65. The highest BCUT2D eigenvalue weighted by Crippen LogP contribution is 2.28. The van der Waals surface area contributed by atoms with Crippen molar-refractivity contribution >= 4 is 11.8 Å². The van der Waals surface area contributed by atoms with Crippen LogP contribution in [-0.2, 0) is 0 Å². The van der Waals surface area contributed by atoms with Gasteiger partial charge in [-0.25, -0.2) is 0 Å². The zero-order chi connectivity index (χ0) is 16.8. The van der Waals surface area contributed by atoms with Gasteiger partial charge in [0.05, 0.1) is 0 Å². The Balaban J connectivity index is 1.95. The lowest BCUT2D eigenvalue weighted by molar-refractivity contribution is 1.03. The first-order valence-electron chi connectivity index (χ1n) is 8.29. The smallest absolute Gasteiger partial charge is 0.0361 e. The van der Waals surface area contributed by atoms with E-state index in [2.05, 4.69) is 110 Å². The Morgan fingerprint density at radius 1 is 0.667 bits per heavy atom. The van der Waals surface area contributed by atoms with Gasteiger partial charge in [-0.2, -0.15) is 0 Å². The molecule has 0 aliphatic carbocycles. The van der Waals surface area contributed by atoms with Crippen LogP contribution in [0.1, 0.15) is 22.6 Å². The highest BCUT2D eigenvalue weighted by Gasteiger charge is 2.11. The van der Waals surface area contributed by atoms with Gasteiger partial charge >= 0.3 is 0 Å². The van der Waals surface area contributed by atoms with Gasteiger partial charge in [0.2, 0.25) is 0 Å². The lowest BCUT2D eigenvalue weighted by Gasteiger charge is -2.17. The van der Waals surface area contributed by atoms with E-state index in [9.17, 15) is 0 Å². The Morgan fingerprint density at radius 2 is 1.21 bits per heavy atom. The predicted octanol–water partition coefficient (Wildman–Crippen LogP) is 5.60. The molecule has 3 rings (SSSR count). The first kappa shape index (κ1) is 16.1. The Labute approximate surface area is 144 Å². The number of nitrogens with zero attached hydrogens (tertiary/aromatic N) is 1. The molecule has 0 saturated carbocycles. The number of hydrogen-bond donors (Lipinski definition) is 0. The zero-order valence-electron chi connectivity index (χ0n) is 14.3. The minimum Gasteiger partial charge on any atom is -0.378 e. The van der Waals surface area contributed by atoms with E-state index in [1.807, 2.05) is 6.07 Å². The molecule has 24 heavy (non-hydrogen) atoms. The summed E-state index contributed by atoms with van der Waals surface area (Å²) in [6.45, 7) is 0. The van der Waals surface area contributed by atoms with E-state index in [4.69, 9.17) is 0 Å². The molecule has 1 atom stereocenters. The lowest BCUT2D eigenvalue weighted by atomic mass is 9.90. The molecular formula is C23H23N. The van der Waals surface area contributed by atoms with Crippen molar-refractivity contribution in [1.29, 1.82) is 0 Å². The van der Waals surface area contributed by atoms with E-state index in [1.165, 1.54) is 22.4 Å². The summed E-state index contributed by atoms with van der Waals surface area (Å²) in [6, 6.07) is 29.9. The molecule has 0 amide bonds. The SMILES string of the molecule is CN(C)c1ccc(C(/C=C/c2ccccc2)c2ccccc2)cc1. The van der Waals surface area contributed by atoms with Crippen molar-refractivity contribution in [3.63, 3.8) is 0 Å². The summed E-state index contributed by atoms with van der Waals surface area (Å²) in [5.41, 5.74) is 5.06. The van der Waals surface area contributed by atoms with Crippen molar-refractivity contribution in [3.8, 4) is 0 Å². The summed E-state index contributed by atoms with van der Waals surface area (Å²) in [7, 11) is 4.14. The van der Waals surface area contributed by atoms with Crippen LogP contribution < -0.4 is 4.90 Å². The molecule has 0 aliphatic heterocycles. The highest BCUT2D eigenvalue weighted by atomic mass is 15.1. The van der Waals surface area contributed by atoms with Gasteiger partial charge in [0, 0.05) is 25.7 Å². The van der Waals surface area contributed by atoms with Crippen LogP contribution in [0, 0.1) is 0 Å². The summed E-state index contributed by atoms with van der Waals surface area (Å²) in [4.78, 5) is 2.13. The molecule has 0 fully saturated rings. The second-order valence-corrected chi connectivity index (χ2v) is 6.14. The molecule has 0 heterocycles. The maximum absolute atomic E-state index is 2.29. The monoisotopic (exact) mass is 313 g/mol. The van der Waals surface area contributed by atoms with Crippen LogP contribution in [-0.4, -0.2) is 14.1 Å². The maximum Gasteiger partial charge on any atom is 0.0361 e. The van der Waals surface area contributed by atoms with Crippen LogP contribution in [0.25, 0.3) is 6.08 Å². The second-order valence-electron chi connectivity index (χ2n) is 6.14. The van der Waals surface area contributed by atoms with Crippen molar-refractivity contribution in [3.05, 3.63) is 108 Å². The van der Waals surface area contributed by atoms with Gasteiger partial charge in [-0.15, -0.1) is 0 Å². The minimum atomic E-state index is 0.252. The molecule has 1 nitrogen and oxygen atoms in total. The third-order valence-electron chi connectivity index (χ3n) is 4.21. The number of anilines is 1. The number of benzene rings is 3. The van der Waals surface area contributed by atoms with Crippen molar-refractivity contribution in [2.24, 2.45) is 0 Å². The molecular weight excluding hydrogens is 290 g/mol. The highest BCUT2D eigenvalue weighted by molar-refractivity contribution is 5.54. The zero-order valence-corrected chi connectivity index (χ0v) is 14.3. The van der Waals surface area contributed by atoms with Gasteiger partial charge in [-0.1, -0.05) is 84.9 Å². The summed E-state index contributed by atoms with van der Waals surface area (Å²) < 4.78 is 0. The predicted molar refractivity (Wildman–Crippen MR) is 105 cm³/mol. The van der Waals surface area contributed by atoms with Crippen LogP contribution in [0.5, 0.6) is 0 Å². The Bertz CT molecular complexity index is 771. The number of hydrogen-bond acceptors (Lipinski definition) is 1. The normalized spacial score (nSPS) is 12.2. The Hall–Kier alpha value is -2.80. The number of rotatable bonds is 5. The number of allylic oxidation sites excluding steroid dienone is 1. The largest absolute Gasteiger partial charge is 0.378 e. The first-order valence-corrected chi connectivity index (χ1v) is 8.29. The minimum absolute atomic E-state index is 0.252. The third kappa shape index (κ3) is 3.94. The maximum atomic E-state index is 2.29. The summed E-state index contributed by atoms with van der Waals surface area (Å²) in [5, 5.41) is 0. The van der Waals surface area contributed by atoms with E-state index in [1.54, 1.807) is 0 Å². The Morgan fingerprint density at radius 3 is 1.79 bits per heavy atom. The molecule has 0 aromatic heterocycles. The van der Waals surface area contributed by atoms with E-state index in [-0.39, 0.29) is 5.92 Å². The third-order valence-corrected chi connectivity index (χ3v) is 4.21. The molecule has 0 radical (unpaired) electrons. The van der Waals surface area contributed by atoms with Crippen molar-refractivity contribution in [1.82, 2.24) is 0 Å². The van der Waals surface area contributed by atoms with E-state index < -0.39 is 0 Å². The first-order chi connectivity index (χ1) is 11.7. The fourth-order valence-corrected chi connectivity index (χ4v) is 2.83. The van der Waals surface area contributed by atoms with Crippen LogP contribution in [0.3, 0.4) is 0 Å². The molecule has 1 unspecified atom stereocenters. The molecule has 0 aliphatic rings. The van der Waals surface area contributed by atoms with Crippen molar-refractivity contribution < 1.29 is 0 Å². The van der Waals surface area contributed by atoms with Crippen LogP contribution in [0.15, 0.2) is 91.0 Å². The van der Waals surface area contributed by atoms with Gasteiger partial charge in [-0.3, -0.25) is 0 Å². The quantitative estimate of drug-likeness (QED) is 0.593. The lowest BCUT2D eigenvalue weighted by Crippen LogP contribution is -2.08. The van der Waals surface area contributed by atoms with Gasteiger partial charge in [0.1, 0.15) is 0 Å². The van der Waals surface area contributed by atoms with Crippen molar-refractivity contribution in [2.75, 3.05) is 19.0 Å². The fourth-order valence-electron chi connectivity index (χ4n) is 2.83. The van der Waals surface area contributed by atoms with Gasteiger partial charge < -0.3 is 4.90 Å². The van der Waals surface area contributed by atoms with E-state index in [0.717, 1.165) is 0 Å². The molecule has 0 saturated heterocycles. The fraction of sp³-hybridized carbons (Fsp3) is 0.130. The van der Waals surface area contributed by atoms with Crippen molar-refractivity contribution in [2.45, 2.75) is 5.92 Å². The standard InChI is InChI=1S/C23H23N/c1-24(2)22-16-14-21(15-17-22)23(20-11-7-4-8-12-20)18-13-19-9-5-3-6-10-19/h3-18,23H,1-2H3/b18-13+. The molecule has 1 heteroatoms. The summed E-state index contributed by atoms with van der Waals surface area (Å²) in [5.74, 6) is 0.252. The van der Waals surface area contributed by atoms with E-state index >= 15 is 0 Å². The molecule has 0 spiro atoms.